The molecule has 0 spiro atoms. The number of nitrogens with zero attached hydrogens (tertiary/aromatic N) is 4. The van der Waals surface area contributed by atoms with Crippen LogP contribution in [0, 0.1) is 0 Å². The number of benzene rings is 2. The molecular weight excluding hydrogens is 350 g/mol. The van der Waals surface area contributed by atoms with Gasteiger partial charge in [-0.1, -0.05) is 30.3 Å². The second-order valence-corrected chi connectivity index (χ2v) is 6.63. The van der Waals surface area contributed by atoms with Crippen molar-refractivity contribution >= 4 is 23.0 Å². The van der Waals surface area contributed by atoms with Gasteiger partial charge in [-0.2, -0.15) is 0 Å². The molecule has 6 nitrogen and oxygen atoms in total. The third-order valence-electron chi connectivity index (χ3n) is 4.83. The van der Waals surface area contributed by atoms with Gasteiger partial charge in [0.15, 0.2) is 0 Å². The Balaban J connectivity index is 1.43. The van der Waals surface area contributed by atoms with Crippen LogP contribution in [0.5, 0.6) is 5.75 Å². The van der Waals surface area contributed by atoms with Gasteiger partial charge in [0.05, 0.1) is 12.3 Å². The molecule has 1 aliphatic heterocycles. The number of ether oxygens (including phenoxy) is 1. The first-order valence-corrected chi connectivity index (χ1v) is 9.69. The number of piperazine rings is 1. The molecule has 4 rings (SSSR count). The number of hydrogen-bond donors (Lipinski definition) is 1. The van der Waals surface area contributed by atoms with E-state index in [1.54, 1.807) is 6.33 Å². The molecule has 0 unspecified atom stereocenters. The molecule has 144 valence electrons. The lowest BCUT2D eigenvalue weighted by molar-refractivity contribution is 0.342. The molecule has 1 aliphatic rings. The molecule has 0 bridgehead atoms. The molecule has 6 heteroatoms. The summed E-state index contributed by atoms with van der Waals surface area (Å²) < 4.78 is 5.69. The number of anilines is 4. The van der Waals surface area contributed by atoms with Gasteiger partial charge in [0.2, 0.25) is 0 Å². The Kier molecular flexibility index (Phi) is 5.56. The lowest BCUT2D eigenvalue weighted by Gasteiger charge is -2.36. The zero-order chi connectivity index (χ0) is 19.2. The lowest BCUT2D eigenvalue weighted by atomic mass is 10.2. The summed E-state index contributed by atoms with van der Waals surface area (Å²) in [6.45, 7) is 6.42. The van der Waals surface area contributed by atoms with E-state index in [1.165, 1.54) is 5.69 Å². The second kappa shape index (κ2) is 8.61. The van der Waals surface area contributed by atoms with Crippen molar-refractivity contribution in [2.24, 2.45) is 0 Å². The molecule has 2 aromatic carbocycles. The molecule has 1 saturated heterocycles. The highest BCUT2D eigenvalue weighted by Gasteiger charge is 2.18. The molecule has 1 aromatic heterocycles. The molecule has 3 aromatic rings. The van der Waals surface area contributed by atoms with E-state index in [0.717, 1.165) is 49.3 Å². The van der Waals surface area contributed by atoms with E-state index in [9.17, 15) is 0 Å². The first-order valence-electron chi connectivity index (χ1n) is 9.69. The predicted octanol–water partition coefficient (Wildman–Crippen LogP) is 3.95. The zero-order valence-electron chi connectivity index (χ0n) is 16.1. The molecule has 0 aliphatic carbocycles. The third-order valence-corrected chi connectivity index (χ3v) is 4.83. The average Bonchev–Trinajstić information content (AvgIpc) is 2.76. The normalized spacial score (nSPS) is 14.0. The molecule has 0 atom stereocenters. The van der Waals surface area contributed by atoms with Crippen LogP contribution in [0.1, 0.15) is 6.92 Å². The maximum Gasteiger partial charge on any atom is 0.142 e. The van der Waals surface area contributed by atoms with E-state index >= 15 is 0 Å². The fourth-order valence-electron chi connectivity index (χ4n) is 3.41. The van der Waals surface area contributed by atoms with E-state index < -0.39 is 0 Å². The monoisotopic (exact) mass is 375 g/mol. The Morgan fingerprint density at radius 1 is 0.893 bits per heavy atom. The first-order chi connectivity index (χ1) is 13.8. The molecular formula is C22H25N5O. The smallest absolute Gasteiger partial charge is 0.142 e. The van der Waals surface area contributed by atoms with Crippen molar-refractivity contribution in [1.29, 1.82) is 0 Å². The van der Waals surface area contributed by atoms with Crippen LogP contribution in [0.2, 0.25) is 0 Å². The number of para-hydroxylation sites is 3. The van der Waals surface area contributed by atoms with Gasteiger partial charge in [0, 0.05) is 37.9 Å². The number of rotatable bonds is 6. The summed E-state index contributed by atoms with van der Waals surface area (Å²) >= 11 is 0. The first kappa shape index (κ1) is 18.1. The molecule has 28 heavy (non-hydrogen) atoms. The fourth-order valence-corrected chi connectivity index (χ4v) is 3.41. The molecule has 1 fully saturated rings. The Labute approximate surface area is 165 Å². The molecule has 1 N–H and O–H groups in total. The predicted molar refractivity (Wildman–Crippen MR) is 114 cm³/mol. The van der Waals surface area contributed by atoms with Gasteiger partial charge in [-0.3, -0.25) is 0 Å². The maximum absolute atomic E-state index is 5.69. The maximum atomic E-state index is 5.69. The van der Waals surface area contributed by atoms with Crippen LogP contribution in [0.25, 0.3) is 0 Å². The fraction of sp³-hybridized carbons (Fsp3) is 0.273. The van der Waals surface area contributed by atoms with Crippen molar-refractivity contribution in [2.45, 2.75) is 6.92 Å². The van der Waals surface area contributed by atoms with Crippen molar-refractivity contribution < 1.29 is 4.74 Å². The largest absolute Gasteiger partial charge is 0.492 e. The Bertz CT molecular complexity index is 894. The Morgan fingerprint density at radius 3 is 2.39 bits per heavy atom. The summed E-state index contributed by atoms with van der Waals surface area (Å²) in [7, 11) is 0. The van der Waals surface area contributed by atoms with Gasteiger partial charge in [0.1, 0.15) is 23.7 Å². The molecule has 0 saturated carbocycles. The summed E-state index contributed by atoms with van der Waals surface area (Å²) in [6, 6.07) is 20.5. The van der Waals surface area contributed by atoms with Crippen LogP contribution in [0.3, 0.4) is 0 Å². The number of nitrogens with one attached hydrogen (secondary N) is 1. The lowest BCUT2D eigenvalue weighted by Crippen LogP contribution is -2.46. The number of aromatic nitrogens is 2. The van der Waals surface area contributed by atoms with Crippen molar-refractivity contribution in [3.05, 3.63) is 67.0 Å². The van der Waals surface area contributed by atoms with E-state index in [1.807, 2.05) is 37.3 Å². The van der Waals surface area contributed by atoms with Gasteiger partial charge in [-0.05, 0) is 31.2 Å². The summed E-state index contributed by atoms with van der Waals surface area (Å²) in [5, 5.41) is 3.36. The van der Waals surface area contributed by atoms with E-state index in [2.05, 4.69) is 55.4 Å². The molecule has 2 heterocycles. The highest BCUT2D eigenvalue weighted by atomic mass is 16.5. The third kappa shape index (κ3) is 4.17. The van der Waals surface area contributed by atoms with Crippen LogP contribution in [-0.4, -0.2) is 42.8 Å². The van der Waals surface area contributed by atoms with Crippen LogP contribution >= 0.6 is 0 Å². The molecule has 0 amide bonds. The van der Waals surface area contributed by atoms with Crippen LogP contribution in [0.15, 0.2) is 67.0 Å². The van der Waals surface area contributed by atoms with Crippen LogP contribution < -0.4 is 19.9 Å². The summed E-state index contributed by atoms with van der Waals surface area (Å²) in [4.78, 5) is 13.6. The highest BCUT2D eigenvalue weighted by Crippen LogP contribution is 2.28. The highest BCUT2D eigenvalue weighted by molar-refractivity contribution is 5.65. The van der Waals surface area contributed by atoms with Gasteiger partial charge in [-0.15, -0.1) is 0 Å². The second-order valence-electron chi connectivity index (χ2n) is 6.63. The van der Waals surface area contributed by atoms with Crippen molar-refractivity contribution in [3.8, 4) is 5.75 Å². The van der Waals surface area contributed by atoms with Gasteiger partial charge >= 0.3 is 0 Å². The van der Waals surface area contributed by atoms with Crippen LogP contribution in [-0.2, 0) is 0 Å². The van der Waals surface area contributed by atoms with E-state index in [4.69, 9.17) is 4.74 Å². The molecule has 0 radical (unpaired) electrons. The summed E-state index contributed by atoms with van der Waals surface area (Å²) in [6.07, 6.45) is 1.62. The van der Waals surface area contributed by atoms with E-state index in [0.29, 0.717) is 6.61 Å². The SMILES string of the molecule is CCOc1ccccc1Nc1cc(N2CCN(c3ccccc3)CC2)ncn1. The minimum Gasteiger partial charge on any atom is -0.492 e. The number of hydrogen-bond acceptors (Lipinski definition) is 6. The summed E-state index contributed by atoms with van der Waals surface area (Å²) in [5.41, 5.74) is 2.18. The van der Waals surface area contributed by atoms with E-state index in [-0.39, 0.29) is 0 Å². The van der Waals surface area contributed by atoms with Crippen molar-refractivity contribution in [1.82, 2.24) is 9.97 Å². The average molecular weight is 375 g/mol. The minimum atomic E-state index is 0.624. The topological polar surface area (TPSA) is 53.5 Å². The Morgan fingerprint density at radius 2 is 1.61 bits per heavy atom. The van der Waals surface area contributed by atoms with Gasteiger partial charge in [-0.25, -0.2) is 9.97 Å². The van der Waals surface area contributed by atoms with Gasteiger partial charge < -0.3 is 19.9 Å². The van der Waals surface area contributed by atoms with Crippen molar-refractivity contribution in [2.75, 3.05) is 47.9 Å². The summed E-state index contributed by atoms with van der Waals surface area (Å²) in [5.74, 6) is 2.53. The van der Waals surface area contributed by atoms with Gasteiger partial charge in [0.25, 0.3) is 0 Å². The minimum absolute atomic E-state index is 0.624. The Hall–Kier alpha value is -3.28. The zero-order valence-corrected chi connectivity index (χ0v) is 16.1. The van der Waals surface area contributed by atoms with Crippen LogP contribution in [0.4, 0.5) is 23.0 Å². The standard InChI is InChI=1S/C22H25N5O/c1-2-28-20-11-7-6-10-19(20)25-21-16-22(24-17-23-21)27-14-12-26(13-15-27)18-8-4-3-5-9-18/h3-11,16-17H,2,12-15H2,1H3,(H,23,24,25). The quantitative estimate of drug-likeness (QED) is 0.704. The van der Waals surface area contributed by atoms with Crippen molar-refractivity contribution in [3.63, 3.8) is 0 Å².